The van der Waals surface area contributed by atoms with Crippen molar-refractivity contribution in [3.63, 3.8) is 0 Å². The molecule has 0 atom stereocenters. The zero-order valence-corrected chi connectivity index (χ0v) is 15.6. The van der Waals surface area contributed by atoms with Crippen LogP contribution in [0.25, 0.3) is 0 Å². The first kappa shape index (κ1) is 19.7. The smallest absolute Gasteiger partial charge is 0.253 e. The fourth-order valence-corrected chi connectivity index (χ4v) is 3.56. The molecule has 2 amide bonds. The molecule has 0 radical (unpaired) electrons. The molecule has 2 aliphatic heterocycles. The van der Waals surface area contributed by atoms with Gasteiger partial charge in [-0.25, -0.2) is 0 Å². The molecule has 25 heavy (non-hydrogen) atoms. The standard InChI is InChI=1S/C19H27N3O2.ClH/c1-2-10-22(19(24)16-13-20-14-16)17-8-11-21(12-9-17)18(23)15-6-4-3-5-7-15;/h3-7,16-17,20H,2,8-14H2,1H3;1H. The first-order valence-corrected chi connectivity index (χ1v) is 9.06. The van der Waals surface area contributed by atoms with Crippen LogP contribution < -0.4 is 5.32 Å². The van der Waals surface area contributed by atoms with E-state index < -0.39 is 0 Å². The molecule has 5 nitrogen and oxygen atoms in total. The van der Waals surface area contributed by atoms with Gasteiger partial charge in [-0.2, -0.15) is 0 Å². The predicted molar refractivity (Wildman–Crippen MR) is 101 cm³/mol. The van der Waals surface area contributed by atoms with E-state index >= 15 is 0 Å². The zero-order valence-electron chi connectivity index (χ0n) is 14.8. The molecule has 0 unspecified atom stereocenters. The van der Waals surface area contributed by atoms with Crippen molar-refractivity contribution in [3.05, 3.63) is 35.9 Å². The largest absolute Gasteiger partial charge is 0.339 e. The van der Waals surface area contributed by atoms with Crippen molar-refractivity contribution in [1.29, 1.82) is 0 Å². The number of rotatable bonds is 5. The molecule has 0 spiro atoms. The number of amides is 2. The number of nitrogens with zero attached hydrogens (tertiary/aromatic N) is 2. The molecule has 138 valence electrons. The summed E-state index contributed by atoms with van der Waals surface area (Å²) in [6, 6.07) is 9.73. The van der Waals surface area contributed by atoms with E-state index in [-0.39, 0.29) is 30.3 Å². The molecular weight excluding hydrogens is 338 g/mol. The van der Waals surface area contributed by atoms with E-state index in [4.69, 9.17) is 0 Å². The quantitative estimate of drug-likeness (QED) is 0.870. The molecule has 0 aromatic heterocycles. The Kier molecular flexibility index (Phi) is 7.26. The molecule has 0 aliphatic carbocycles. The minimum absolute atomic E-state index is 0. The maximum Gasteiger partial charge on any atom is 0.253 e. The van der Waals surface area contributed by atoms with E-state index in [2.05, 4.69) is 17.1 Å². The molecule has 6 heteroatoms. The third-order valence-electron chi connectivity index (χ3n) is 5.09. The molecule has 1 aromatic carbocycles. The van der Waals surface area contributed by atoms with Gasteiger partial charge in [-0.15, -0.1) is 12.4 Å². The zero-order chi connectivity index (χ0) is 16.9. The van der Waals surface area contributed by atoms with Crippen LogP contribution in [0.4, 0.5) is 0 Å². The summed E-state index contributed by atoms with van der Waals surface area (Å²) in [6.45, 7) is 6.03. The number of carbonyl (C=O) groups is 2. The Hall–Kier alpha value is -1.59. The van der Waals surface area contributed by atoms with Gasteiger partial charge in [0.05, 0.1) is 5.92 Å². The summed E-state index contributed by atoms with van der Waals surface area (Å²) >= 11 is 0. The van der Waals surface area contributed by atoms with Crippen LogP contribution >= 0.6 is 12.4 Å². The minimum Gasteiger partial charge on any atom is -0.339 e. The summed E-state index contributed by atoms with van der Waals surface area (Å²) in [4.78, 5) is 29.2. The Bertz CT molecular complexity index is 569. The number of carbonyl (C=O) groups excluding carboxylic acids is 2. The van der Waals surface area contributed by atoms with Crippen LogP contribution in [-0.2, 0) is 4.79 Å². The minimum atomic E-state index is 0. The van der Waals surface area contributed by atoms with Crippen molar-refractivity contribution in [1.82, 2.24) is 15.1 Å². The highest BCUT2D eigenvalue weighted by Crippen LogP contribution is 2.21. The van der Waals surface area contributed by atoms with Gasteiger partial charge in [-0.1, -0.05) is 25.1 Å². The van der Waals surface area contributed by atoms with Gasteiger partial charge in [0.25, 0.3) is 5.91 Å². The molecule has 0 bridgehead atoms. The van der Waals surface area contributed by atoms with Crippen LogP contribution in [0.15, 0.2) is 30.3 Å². The van der Waals surface area contributed by atoms with Crippen molar-refractivity contribution in [2.24, 2.45) is 5.92 Å². The van der Waals surface area contributed by atoms with Crippen molar-refractivity contribution in [2.45, 2.75) is 32.2 Å². The second kappa shape index (κ2) is 9.20. The normalized spacial score (nSPS) is 18.2. The van der Waals surface area contributed by atoms with Crippen molar-refractivity contribution < 1.29 is 9.59 Å². The second-order valence-corrected chi connectivity index (χ2v) is 6.78. The summed E-state index contributed by atoms with van der Waals surface area (Å²) in [7, 11) is 0. The molecule has 2 heterocycles. The number of hydrogen-bond acceptors (Lipinski definition) is 3. The number of piperidine rings is 1. The van der Waals surface area contributed by atoms with Gasteiger partial charge in [-0.3, -0.25) is 9.59 Å². The monoisotopic (exact) mass is 365 g/mol. The Morgan fingerprint density at radius 2 is 1.80 bits per heavy atom. The fourth-order valence-electron chi connectivity index (χ4n) is 3.56. The van der Waals surface area contributed by atoms with Gasteiger partial charge in [0, 0.05) is 44.3 Å². The lowest BCUT2D eigenvalue weighted by atomic mass is 9.96. The second-order valence-electron chi connectivity index (χ2n) is 6.78. The number of benzene rings is 1. The molecule has 2 aliphatic rings. The Labute approximate surface area is 156 Å². The predicted octanol–water partition coefficient (Wildman–Crippen LogP) is 2.17. The van der Waals surface area contributed by atoms with Gasteiger partial charge in [-0.05, 0) is 31.4 Å². The van der Waals surface area contributed by atoms with Crippen LogP contribution in [0.1, 0.15) is 36.5 Å². The first-order valence-electron chi connectivity index (χ1n) is 9.06. The van der Waals surface area contributed by atoms with E-state index in [9.17, 15) is 9.59 Å². The lowest BCUT2D eigenvalue weighted by molar-refractivity contribution is -0.140. The lowest BCUT2D eigenvalue weighted by Gasteiger charge is -2.41. The highest BCUT2D eigenvalue weighted by molar-refractivity contribution is 5.94. The van der Waals surface area contributed by atoms with Crippen molar-refractivity contribution in [2.75, 3.05) is 32.7 Å². The summed E-state index contributed by atoms with van der Waals surface area (Å²) in [5, 5.41) is 3.18. The summed E-state index contributed by atoms with van der Waals surface area (Å²) in [5.41, 5.74) is 0.748. The molecular formula is C19H28ClN3O2. The average Bonchev–Trinajstić information content (AvgIpc) is 2.58. The van der Waals surface area contributed by atoms with Gasteiger partial charge in [0.2, 0.25) is 5.91 Å². The Balaban J connectivity index is 0.00000225. The van der Waals surface area contributed by atoms with Crippen LogP contribution in [0.5, 0.6) is 0 Å². The van der Waals surface area contributed by atoms with Crippen LogP contribution in [0.3, 0.4) is 0 Å². The van der Waals surface area contributed by atoms with Gasteiger partial charge in [0.1, 0.15) is 0 Å². The van der Waals surface area contributed by atoms with E-state index in [0.717, 1.165) is 57.5 Å². The van der Waals surface area contributed by atoms with E-state index in [1.54, 1.807) is 0 Å². The highest BCUT2D eigenvalue weighted by Gasteiger charge is 2.34. The molecule has 2 fully saturated rings. The van der Waals surface area contributed by atoms with Crippen molar-refractivity contribution in [3.8, 4) is 0 Å². The molecule has 0 saturated carbocycles. The van der Waals surface area contributed by atoms with Crippen LogP contribution in [0.2, 0.25) is 0 Å². The summed E-state index contributed by atoms with van der Waals surface area (Å²) in [5.74, 6) is 0.551. The number of likely N-dealkylation sites (tertiary alicyclic amines) is 1. The van der Waals surface area contributed by atoms with Crippen LogP contribution in [0, 0.1) is 5.92 Å². The van der Waals surface area contributed by atoms with E-state index in [0.29, 0.717) is 5.91 Å². The molecule has 3 rings (SSSR count). The Morgan fingerprint density at radius 3 is 2.32 bits per heavy atom. The van der Waals surface area contributed by atoms with Crippen LogP contribution in [-0.4, -0.2) is 60.4 Å². The topological polar surface area (TPSA) is 52.7 Å². The maximum absolute atomic E-state index is 12.7. The highest BCUT2D eigenvalue weighted by atomic mass is 35.5. The Morgan fingerprint density at radius 1 is 1.16 bits per heavy atom. The first-order chi connectivity index (χ1) is 11.7. The third kappa shape index (κ3) is 4.53. The molecule has 2 saturated heterocycles. The molecule has 1 aromatic rings. The maximum atomic E-state index is 12.7. The van der Waals surface area contributed by atoms with E-state index in [1.807, 2.05) is 35.2 Å². The average molecular weight is 366 g/mol. The number of nitrogens with one attached hydrogen (secondary N) is 1. The molecule has 1 N–H and O–H groups in total. The van der Waals surface area contributed by atoms with Gasteiger partial charge in [0.15, 0.2) is 0 Å². The lowest BCUT2D eigenvalue weighted by Crippen LogP contribution is -2.56. The number of hydrogen-bond donors (Lipinski definition) is 1. The fraction of sp³-hybridized carbons (Fsp3) is 0.579. The van der Waals surface area contributed by atoms with Gasteiger partial charge >= 0.3 is 0 Å². The van der Waals surface area contributed by atoms with Gasteiger partial charge < -0.3 is 15.1 Å². The number of halogens is 1. The third-order valence-corrected chi connectivity index (χ3v) is 5.09. The SMILES string of the molecule is CCCN(C(=O)C1CNC1)C1CCN(C(=O)c2ccccc2)CC1.Cl. The summed E-state index contributed by atoms with van der Waals surface area (Å²) < 4.78 is 0. The summed E-state index contributed by atoms with van der Waals surface area (Å²) in [6.07, 6.45) is 2.74. The van der Waals surface area contributed by atoms with Crippen molar-refractivity contribution >= 4 is 24.2 Å². The van der Waals surface area contributed by atoms with E-state index in [1.165, 1.54) is 0 Å².